The predicted molar refractivity (Wildman–Crippen MR) is 72.0 cm³/mol. The minimum Gasteiger partial charge on any atom is -0.495 e. The fraction of sp³-hybridized carbons (Fsp3) is 0.538. The smallest absolute Gasteiger partial charge is 0.143 e. The molecule has 1 fully saturated rings. The summed E-state index contributed by atoms with van der Waals surface area (Å²) in [7, 11) is 3.24. The standard InChI is InChI=1S/C13H18ClNO3/c1-16-12-8-11(13(17-2)7-10(12)14)15-9-3-5-18-6-4-9/h7-9,15H,3-6H2,1-2H3. The van der Waals surface area contributed by atoms with Gasteiger partial charge in [-0.3, -0.25) is 0 Å². The Morgan fingerprint density at radius 2 is 1.83 bits per heavy atom. The predicted octanol–water partition coefficient (Wildman–Crippen LogP) is 2.95. The van der Waals surface area contributed by atoms with E-state index in [1.165, 1.54) is 0 Å². The van der Waals surface area contributed by atoms with Gasteiger partial charge in [-0.1, -0.05) is 11.6 Å². The first kappa shape index (κ1) is 13.3. The second kappa shape index (κ2) is 6.16. The molecule has 1 saturated heterocycles. The summed E-state index contributed by atoms with van der Waals surface area (Å²) in [5.41, 5.74) is 0.908. The summed E-state index contributed by atoms with van der Waals surface area (Å²) in [5, 5.41) is 4.01. The molecule has 0 bridgehead atoms. The molecule has 0 aliphatic carbocycles. The van der Waals surface area contributed by atoms with Gasteiger partial charge in [0.15, 0.2) is 0 Å². The summed E-state index contributed by atoms with van der Waals surface area (Å²) >= 11 is 6.07. The van der Waals surface area contributed by atoms with E-state index in [9.17, 15) is 0 Å². The highest BCUT2D eigenvalue weighted by Gasteiger charge is 2.17. The average Bonchev–Trinajstić information content (AvgIpc) is 2.41. The Kier molecular flexibility index (Phi) is 4.55. The topological polar surface area (TPSA) is 39.7 Å². The van der Waals surface area contributed by atoms with Crippen LogP contribution in [0.3, 0.4) is 0 Å². The lowest BCUT2D eigenvalue weighted by atomic mass is 10.1. The van der Waals surface area contributed by atoms with Crippen molar-refractivity contribution in [1.82, 2.24) is 0 Å². The Morgan fingerprint density at radius 3 is 2.44 bits per heavy atom. The Morgan fingerprint density at radius 1 is 1.17 bits per heavy atom. The summed E-state index contributed by atoms with van der Waals surface area (Å²) in [6.45, 7) is 1.59. The van der Waals surface area contributed by atoms with Crippen LogP contribution in [-0.2, 0) is 4.74 Å². The third-order valence-electron chi connectivity index (χ3n) is 3.05. The molecule has 18 heavy (non-hydrogen) atoms. The number of halogens is 1. The van der Waals surface area contributed by atoms with Crippen LogP contribution >= 0.6 is 11.6 Å². The van der Waals surface area contributed by atoms with Crippen LogP contribution in [0.4, 0.5) is 5.69 Å². The number of methoxy groups -OCH3 is 2. The minimum atomic E-state index is 0.401. The molecule has 0 unspecified atom stereocenters. The van der Waals surface area contributed by atoms with Crippen molar-refractivity contribution >= 4 is 17.3 Å². The number of nitrogens with one attached hydrogen (secondary N) is 1. The van der Waals surface area contributed by atoms with Crippen molar-refractivity contribution in [2.75, 3.05) is 32.8 Å². The Labute approximate surface area is 112 Å². The van der Waals surface area contributed by atoms with E-state index in [1.54, 1.807) is 20.3 Å². The van der Waals surface area contributed by atoms with Gasteiger partial charge in [-0.15, -0.1) is 0 Å². The molecule has 2 rings (SSSR count). The van der Waals surface area contributed by atoms with E-state index in [0.717, 1.165) is 37.5 Å². The van der Waals surface area contributed by atoms with E-state index in [1.807, 2.05) is 6.07 Å². The Bertz CT molecular complexity index is 405. The Balaban J connectivity index is 2.18. The van der Waals surface area contributed by atoms with Crippen LogP contribution < -0.4 is 14.8 Å². The zero-order valence-electron chi connectivity index (χ0n) is 10.7. The van der Waals surface area contributed by atoms with Gasteiger partial charge in [-0.25, -0.2) is 0 Å². The highest BCUT2D eigenvalue weighted by Crippen LogP contribution is 2.36. The first-order valence-electron chi connectivity index (χ1n) is 6.00. The second-order valence-corrected chi connectivity index (χ2v) is 4.63. The first-order valence-corrected chi connectivity index (χ1v) is 6.38. The van der Waals surface area contributed by atoms with Crippen LogP contribution in [0.2, 0.25) is 5.02 Å². The molecule has 1 aromatic carbocycles. The van der Waals surface area contributed by atoms with Gasteiger partial charge in [0.2, 0.25) is 0 Å². The summed E-state index contributed by atoms with van der Waals surface area (Å²) in [5.74, 6) is 1.37. The molecule has 1 aliphatic heterocycles. The SMILES string of the molecule is COc1cc(NC2CCOCC2)c(OC)cc1Cl. The molecule has 0 spiro atoms. The van der Waals surface area contributed by atoms with Gasteiger partial charge in [-0.2, -0.15) is 0 Å². The molecule has 0 saturated carbocycles. The van der Waals surface area contributed by atoms with Crippen LogP contribution in [0, 0.1) is 0 Å². The molecular formula is C13H18ClNO3. The molecular weight excluding hydrogens is 254 g/mol. The summed E-state index contributed by atoms with van der Waals surface area (Å²) in [6, 6.07) is 4.04. The molecule has 1 aliphatic rings. The van der Waals surface area contributed by atoms with E-state index in [2.05, 4.69) is 5.32 Å². The molecule has 1 heterocycles. The van der Waals surface area contributed by atoms with E-state index >= 15 is 0 Å². The fourth-order valence-electron chi connectivity index (χ4n) is 2.04. The van der Waals surface area contributed by atoms with E-state index < -0.39 is 0 Å². The van der Waals surface area contributed by atoms with Crippen LogP contribution in [0.5, 0.6) is 11.5 Å². The second-order valence-electron chi connectivity index (χ2n) is 4.22. The van der Waals surface area contributed by atoms with Crippen LogP contribution in [0.1, 0.15) is 12.8 Å². The lowest BCUT2D eigenvalue weighted by Gasteiger charge is -2.25. The molecule has 0 amide bonds. The first-order chi connectivity index (χ1) is 8.74. The molecule has 4 nitrogen and oxygen atoms in total. The highest BCUT2D eigenvalue weighted by molar-refractivity contribution is 6.32. The van der Waals surface area contributed by atoms with Crippen molar-refractivity contribution in [1.29, 1.82) is 0 Å². The van der Waals surface area contributed by atoms with Crippen LogP contribution in [0.15, 0.2) is 12.1 Å². The number of ether oxygens (including phenoxy) is 3. The van der Waals surface area contributed by atoms with Gasteiger partial charge in [-0.05, 0) is 12.8 Å². The van der Waals surface area contributed by atoms with Gasteiger partial charge >= 0.3 is 0 Å². The zero-order valence-corrected chi connectivity index (χ0v) is 11.4. The molecule has 0 atom stereocenters. The molecule has 1 aromatic rings. The minimum absolute atomic E-state index is 0.401. The monoisotopic (exact) mass is 271 g/mol. The number of anilines is 1. The quantitative estimate of drug-likeness (QED) is 0.914. The average molecular weight is 272 g/mol. The molecule has 100 valence electrons. The molecule has 0 aromatic heterocycles. The fourth-order valence-corrected chi connectivity index (χ4v) is 2.27. The van der Waals surface area contributed by atoms with Crippen molar-refractivity contribution in [3.63, 3.8) is 0 Å². The van der Waals surface area contributed by atoms with Gasteiger partial charge in [0.25, 0.3) is 0 Å². The summed E-state index contributed by atoms with van der Waals surface area (Å²) in [6.07, 6.45) is 1.99. The van der Waals surface area contributed by atoms with Gasteiger partial charge in [0.1, 0.15) is 11.5 Å². The zero-order chi connectivity index (χ0) is 13.0. The maximum absolute atomic E-state index is 6.07. The van der Waals surface area contributed by atoms with Crippen molar-refractivity contribution in [2.24, 2.45) is 0 Å². The van der Waals surface area contributed by atoms with E-state index in [4.69, 9.17) is 25.8 Å². The number of benzene rings is 1. The largest absolute Gasteiger partial charge is 0.495 e. The number of hydrogen-bond acceptors (Lipinski definition) is 4. The highest BCUT2D eigenvalue weighted by atomic mass is 35.5. The lowest BCUT2D eigenvalue weighted by Crippen LogP contribution is -2.28. The molecule has 5 heteroatoms. The normalized spacial score (nSPS) is 16.4. The number of hydrogen-bond donors (Lipinski definition) is 1. The Hall–Kier alpha value is -1.13. The number of rotatable bonds is 4. The van der Waals surface area contributed by atoms with Crippen molar-refractivity contribution in [3.8, 4) is 11.5 Å². The van der Waals surface area contributed by atoms with Crippen molar-refractivity contribution in [2.45, 2.75) is 18.9 Å². The third kappa shape index (κ3) is 3.00. The third-order valence-corrected chi connectivity index (χ3v) is 3.35. The summed E-state index contributed by atoms with van der Waals surface area (Å²) < 4.78 is 15.9. The van der Waals surface area contributed by atoms with Crippen molar-refractivity contribution < 1.29 is 14.2 Å². The van der Waals surface area contributed by atoms with Crippen LogP contribution in [-0.4, -0.2) is 33.5 Å². The van der Waals surface area contributed by atoms with Gasteiger partial charge in [0, 0.05) is 31.4 Å². The lowest BCUT2D eigenvalue weighted by molar-refractivity contribution is 0.0904. The summed E-state index contributed by atoms with van der Waals surface area (Å²) in [4.78, 5) is 0. The van der Waals surface area contributed by atoms with Crippen LogP contribution in [0.25, 0.3) is 0 Å². The van der Waals surface area contributed by atoms with Crippen molar-refractivity contribution in [3.05, 3.63) is 17.2 Å². The van der Waals surface area contributed by atoms with Gasteiger partial charge in [0.05, 0.1) is 24.9 Å². The molecule has 1 N–H and O–H groups in total. The molecule has 0 radical (unpaired) electrons. The van der Waals surface area contributed by atoms with E-state index in [-0.39, 0.29) is 0 Å². The van der Waals surface area contributed by atoms with Gasteiger partial charge < -0.3 is 19.5 Å². The maximum atomic E-state index is 6.07. The van der Waals surface area contributed by atoms with E-state index in [0.29, 0.717) is 16.8 Å². The maximum Gasteiger partial charge on any atom is 0.143 e.